The van der Waals surface area contributed by atoms with Gasteiger partial charge in [0.2, 0.25) is 7.55 Å². The summed E-state index contributed by atoms with van der Waals surface area (Å²) in [6.07, 6.45) is 0. The third-order valence-corrected chi connectivity index (χ3v) is 24.0. The van der Waals surface area contributed by atoms with E-state index in [0.717, 1.165) is 0 Å². The van der Waals surface area contributed by atoms with Crippen molar-refractivity contribution in [2.45, 2.75) is 203 Å². The molecule has 268 valence electrons. The minimum Gasteiger partial charge on any atom is -0.0561 e. The lowest BCUT2D eigenvalue weighted by molar-refractivity contribution is 0.546. The van der Waals surface area contributed by atoms with Crippen LogP contribution in [-0.2, 0) is 32.5 Å². The summed E-state index contributed by atoms with van der Waals surface area (Å²) in [4.78, 5) is 0. The van der Waals surface area contributed by atoms with Gasteiger partial charge in [-0.1, -0.05) is 149 Å². The van der Waals surface area contributed by atoms with E-state index in [-0.39, 0.29) is 37.6 Å². The van der Waals surface area contributed by atoms with Crippen LogP contribution in [0.5, 0.6) is 0 Å². The molecule has 48 heavy (non-hydrogen) atoms. The van der Waals surface area contributed by atoms with Gasteiger partial charge in [0.25, 0.3) is 7.74 Å². The Morgan fingerprint density at radius 3 is 0.812 bits per heavy atom. The van der Waals surface area contributed by atoms with E-state index < -0.39 is 22.4 Å². The Balaban J connectivity index is 2.80. The molecule has 2 aromatic rings. The molecule has 0 bridgehead atoms. The summed E-state index contributed by atoms with van der Waals surface area (Å²) >= 11 is 0. The Labute approximate surface area is 302 Å². The lowest BCUT2D eigenvalue weighted by Crippen LogP contribution is -2.37. The fourth-order valence-corrected chi connectivity index (χ4v) is 27.5. The molecule has 0 N–H and O–H groups in total. The van der Waals surface area contributed by atoms with Crippen LogP contribution >= 0.6 is 14.6 Å². The molecule has 0 spiro atoms. The molecule has 0 fully saturated rings. The third kappa shape index (κ3) is 8.21. The van der Waals surface area contributed by atoms with Crippen LogP contribution in [-0.4, -0.2) is 23.0 Å². The van der Waals surface area contributed by atoms with Crippen molar-refractivity contribution >= 4 is 32.4 Å². The van der Waals surface area contributed by atoms with E-state index in [9.17, 15) is 0 Å². The highest BCUT2D eigenvalue weighted by atomic mass is 31.4. The zero-order valence-electron chi connectivity index (χ0n) is 36.2. The van der Waals surface area contributed by atoms with Crippen LogP contribution in [0.25, 0.3) is 0 Å². The first-order valence-corrected chi connectivity index (χ1v) is 25.7. The maximum atomic E-state index is 2.68. The van der Waals surface area contributed by atoms with E-state index in [4.69, 9.17) is 0 Å². The number of hydrogen-bond donors (Lipinski definition) is 0. The molecule has 0 radical (unpaired) electrons. The maximum absolute atomic E-state index is 2.68. The third-order valence-electron chi connectivity index (χ3n) is 9.88. The topological polar surface area (TPSA) is 0 Å². The van der Waals surface area contributed by atoms with Gasteiger partial charge in [0.15, 0.2) is 7.09 Å². The minimum absolute atomic E-state index is 0.0418. The van der Waals surface area contributed by atoms with Crippen LogP contribution in [0.1, 0.15) is 190 Å². The zero-order chi connectivity index (χ0) is 37.8. The number of rotatable bonds is 3. The van der Waals surface area contributed by atoms with E-state index in [1.807, 2.05) is 10.1 Å². The predicted octanol–water partition coefficient (Wildman–Crippen LogP) is 14.7. The summed E-state index contributed by atoms with van der Waals surface area (Å²) < 4.78 is 0. The average molecular weight is 707 g/mol. The Hall–Kier alpha value is -1.00. The number of benzene rings is 2. The largest absolute Gasteiger partial charge is 0.314 e. The Morgan fingerprint density at radius 2 is 0.625 bits per heavy atom. The lowest BCUT2D eigenvalue weighted by Gasteiger charge is -2.36. The molecule has 0 amide bonds. The standard InChI is InChI=1S/C45H76P2Si/c1-39(2,3)29-25-31(41(7,8)9)35(32(26-29)42(10,11)12)37-46(45(19,20)21)38(47(37)48(22,23)24)36-33(43(13,14)15)27-30(40(4,5)6)28-34(36)44(16,17)18/h25-28H,1-24H3/q+2. The van der Waals surface area contributed by atoms with Gasteiger partial charge in [-0.3, -0.25) is 0 Å². The van der Waals surface area contributed by atoms with Crippen LogP contribution < -0.4 is 0 Å². The molecule has 2 atom stereocenters. The smallest absolute Gasteiger partial charge is 0.0561 e. The van der Waals surface area contributed by atoms with Gasteiger partial charge in [0.1, 0.15) is 5.16 Å². The van der Waals surface area contributed by atoms with Crippen molar-refractivity contribution in [1.82, 2.24) is 0 Å². The Morgan fingerprint density at radius 1 is 0.375 bits per heavy atom. The molecule has 0 nitrogen and oxygen atoms in total. The summed E-state index contributed by atoms with van der Waals surface area (Å²) in [6, 6.07) is 10.5. The van der Waals surface area contributed by atoms with Crippen LogP contribution in [0.15, 0.2) is 24.3 Å². The molecular weight excluding hydrogens is 631 g/mol. The molecule has 1 heterocycles. The first-order chi connectivity index (χ1) is 20.9. The molecule has 2 aromatic carbocycles. The molecule has 3 rings (SSSR count). The number of hydrogen-bond acceptors (Lipinski definition) is 0. The quantitative estimate of drug-likeness (QED) is 0.220. The van der Waals surface area contributed by atoms with Crippen molar-refractivity contribution in [3.05, 3.63) is 68.8 Å². The Kier molecular flexibility index (Phi) is 10.6. The van der Waals surface area contributed by atoms with Crippen molar-refractivity contribution < 1.29 is 0 Å². The molecular formula is C45H76P2Si+2. The van der Waals surface area contributed by atoms with Crippen molar-refractivity contribution in [3.8, 4) is 0 Å². The maximum Gasteiger partial charge on any atom is 0.314 e. The zero-order valence-corrected chi connectivity index (χ0v) is 39.0. The lowest BCUT2D eigenvalue weighted by atomic mass is 9.72. The summed E-state index contributed by atoms with van der Waals surface area (Å²) in [5.74, 6) is 0. The Bertz CT molecular complexity index is 1430. The fourth-order valence-electron chi connectivity index (χ4n) is 7.07. The normalized spacial score (nSPS) is 17.7. The second kappa shape index (κ2) is 12.3. The first kappa shape index (κ1) is 41.4. The van der Waals surface area contributed by atoms with Gasteiger partial charge in [-0.25, -0.2) is 0 Å². The highest BCUT2D eigenvalue weighted by molar-refractivity contribution is 8.26. The first-order valence-electron chi connectivity index (χ1n) is 18.7. The van der Waals surface area contributed by atoms with Gasteiger partial charge < -0.3 is 0 Å². The van der Waals surface area contributed by atoms with E-state index in [1.165, 1.54) is 11.1 Å². The highest BCUT2D eigenvalue weighted by Gasteiger charge is 2.66. The van der Waals surface area contributed by atoms with E-state index in [2.05, 4.69) is 189 Å². The molecule has 1 aliphatic heterocycles. The predicted molar refractivity (Wildman–Crippen MR) is 230 cm³/mol. The monoisotopic (exact) mass is 707 g/mol. The summed E-state index contributed by atoms with van der Waals surface area (Å²) in [5.41, 5.74) is 12.9. The van der Waals surface area contributed by atoms with E-state index in [0.29, 0.717) is 0 Å². The summed E-state index contributed by atoms with van der Waals surface area (Å²) in [7, 11) is -2.71. The van der Waals surface area contributed by atoms with Crippen LogP contribution in [0.4, 0.5) is 0 Å². The van der Waals surface area contributed by atoms with Crippen molar-refractivity contribution in [1.29, 1.82) is 0 Å². The molecule has 0 aromatic heterocycles. The van der Waals surface area contributed by atoms with Crippen molar-refractivity contribution in [2.75, 3.05) is 0 Å². The molecule has 0 saturated heterocycles. The minimum atomic E-state index is -1.71. The van der Waals surface area contributed by atoms with Gasteiger partial charge in [-0.2, -0.15) is 0 Å². The van der Waals surface area contributed by atoms with Gasteiger partial charge in [0, 0.05) is 0 Å². The molecule has 2 unspecified atom stereocenters. The van der Waals surface area contributed by atoms with E-state index in [1.54, 1.807) is 33.4 Å². The van der Waals surface area contributed by atoms with Crippen molar-refractivity contribution in [3.63, 3.8) is 0 Å². The van der Waals surface area contributed by atoms with Gasteiger partial charge in [0.05, 0.1) is 11.1 Å². The van der Waals surface area contributed by atoms with Crippen LogP contribution in [0, 0.1) is 0 Å². The second-order valence-electron chi connectivity index (χ2n) is 23.1. The van der Waals surface area contributed by atoms with Crippen LogP contribution in [0.2, 0.25) is 19.6 Å². The van der Waals surface area contributed by atoms with Gasteiger partial charge in [-0.05, 0) is 106 Å². The van der Waals surface area contributed by atoms with Crippen molar-refractivity contribution in [2.24, 2.45) is 0 Å². The average Bonchev–Trinajstić information content (AvgIpc) is 2.77. The molecule has 0 saturated carbocycles. The van der Waals surface area contributed by atoms with E-state index >= 15 is 0 Å². The SMILES string of the molecule is CC(C)(C)c1cc(C(C)(C)C)c(C2=[P+](C(C)(C)C)C(c3c(C(C)(C)C)cc(C(C)(C)C)cc3C(C)(C)C)=[P+]2[Si](C)(C)C)c(C(C)(C)C)c1. The van der Waals surface area contributed by atoms with Crippen LogP contribution in [0.3, 0.4) is 0 Å². The highest BCUT2D eigenvalue weighted by Crippen LogP contribution is 2.69. The van der Waals surface area contributed by atoms with Gasteiger partial charge in [-0.15, -0.1) is 0 Å². The van der Waals surface area contributed by atoms with Gasteiger partial charge >= 0.3 is 10.1 Å². The molecule has 3 heteroatoms. The summed E-state index contributed by atoms with van der Waals surface area (Å²) in [5, 5.41) is 3.89. The molecule has 0 aliphatic carbocycles. The second-order valence-corrected chi connectivity index (χ2v) is 37.9. The summed E-state index contributed by atoms with van der Waals surface area (Å²) in [6.45, 7) is 59.6. The fraction of sp³-hybridized carbons (Fsp3) is 0.689. The molecule has 1 aliphatic rings.